The average molecular weight is 329 g/mol. The maximum absolute atomic E-state index is 12.1. The lowest BCUT2D eigenvalue weighted by Crippen LogP contribution is -2.30. The number of hydrogen-bond acceptors (Lipinski definition) is 4. The van der Waals surface area contributed by atoms with Crippen molar-refractivity contribution in [2.45, 2.75) is 40.2 Å². The van der Waals surface area contributed by atoms with Gasteiger partial charge in [-0.25, -0.2) is 0 Å². The van der Waals surface area contributed by atoms with Crippen LogP contribution in [0.15, 0.2) is 24.3 Å². The molecule has 0 saturated heterocycles. The van der Waals surface area contributed by atoms with Crippen LogP contribution in [0.4, 0.5) is 5.69 Å². The van der Waals surface area contributed by atoms with E-state index >= 15 is 0 Å². The van der Waals surface area contributed by atoms with Crippen LogP contribution in [0.1, 0.15) is 29.4 Å². The second-order valence-corrected chi connectivity index (χ2v) is 5.94. The maximum atomic E-state index is 12.1. The monoisotopic (exact) mass is 329 g/mol. The van der Waals surface area contributed by atoms with Crippen LogP contribution in [0, 0.1) is 20.8 Å². The molecule has 0 aliphatic rings. The summed E-state index contributed by atoms with van der Waals surface area (Å²) >= 11 is 0. The first-order chi connectivity index (χ1) is 11.3. The molecular formula is C18H23N3O3. The van der Waals surface area contributed by atoms with Gasteiger partial charge in [0, 0.05) is 24.0 Å². The van der Waals surface area contributed by atoms with E-state index in [0.29, 0.717) is 5.69 Å². The number of rotatable bonds is 5. The minimum atomic E-state index is -0.865. The lowest BCUT2D eigenvalue weighted by molar-refractivity contribution is -0.152. The molecule has 128 valence electrons. The summed E-state index contributed by atoms with van der Waals surface area (Å²) in [5.41, 5.74) is 4.33. The molecule has 0 spiro atoms. The van der Waals surface area contributed by atoms with E-state index in [9.17, 15) is 9.59 Å². The van der Waals surface area contributed by atoms with Gasteiger partial charge < -0.3 is 10.1 Å². The normalized spacial score (nSPS) is 11.9. The molecule has 1 heterocycles. The molecule has 1 aromatic heterocycles. The minimum Gasteiger partial charge on any atom is -0.452 e. The zero-order chi connectivity index (χ0) is 17.9. The van der Waals surface area contributed by atoms with Crippen molar-refractivity contribution >= 4 is 17.6 Å². The summed E-state index contributed by atoms with van der Waals surface area (Å²) in [6.07, 6.45) is -0.760. The molecule has 2 aromatic rings. The fourth-order valence-electron chi connectivity index (χ4n) is 2.39. The van der Waals surface area contributed by atoms with E-state index in [-0.39, 0.29) is 12.3 Å². The molecule has 0 aliphatic heterocycles. The number of hydrogen-bond donors (Lipinski definition) is 1. The third kappa shape index (κ3) is 4.22. The van der Waals surface area contributed by atoms with E-state index in [1.165, 1.54) is 0 Å². The van der Waals surface area contributed by atoms with Crippen LogP contribution in [-0.2, 0) is 27.8 Å². The summed E-state index contributed by atoms with van der Waals surface area (Å²) in [6.45, 7) is 7.28. The Morgan fingerprint density at radius 1 is 1.21 bits per heavy atom. The number of amides is 1. The first-order valence-corrected chi connectivity index (χ1v) is 7.84. The Balaban J connectivity index is 1.93. The molecular weight excluding hydrogens is 306 g/mol. The third-order valence-corrected chi connectivity index (χ3v) is 3.98. The Bertz CT molecular complexity index is 748. The number of aryl methyl sites for hydroxylation is 3. The number of esters is 1. The first kappa shape index (κ1) is 17.7. The van der Waals surface area contributed by atoms with Crippen molar-refractivity contribution in [1.82, 2.24) is 9.78 Å². The molecule has 0 unspecified atom stereocenters. The summed E-state index contributed by atoms with van der Waals surface area (Å²) in [4.78, 5) is 24.2. The second-order valence-electron chi connectivity index (χ2n) is 5.94. The van der Waals surface area contributed by atoms with Gasteiger partial charge in [0.15, 0.2) is 6.10 Å². The van der Waals surface area contributed by atoms with Gasteiger partial charge in [0.2, 0.25) is 0 Å². The quantitative estimate of drug-likeness (QED) is 0.855. The molecule has 0 radical (unpaired) electrons. The molecule has 24 heavy (non-hydrogen) atoms. The number of carbonyl (C=O) groups is 2. The van der Waals surface area contributed by atoms with Crippen LogP contribution in [-0.4, -0.2) is 27.8 Å². The van der Waals surface area contributed by atoms with Crippen molar-refractivity contribution in [2.24, 2.45) is 7.05 Å². The van der Waals surface area contributed by atoms with E-state index in [0.717, 1.165) is 22.5 Å². The fraction of sp³-hybridized carbons (Fsp3) is 0.389. The molecule has 1 aromatic carbocycles. The highest BCUT2D eigenvalue weighted by Crippen LogP contribution is 2.14. The number of ether oxygens (including phenoxy) is 1. The van der Waals surface area contributed by atoms with Crippen molar-refractivity contribution in [3.8, 4) is 0 Å². The van der Waals surface area contributed by atoms with E-state index in [4.69, 9.17) is 4.74 Å². The van der Waals surface area contributed by atoms with Gasteiger partial charge in [0.1, 0.15) is 0 Å². The van der Waals surface area contributed by atoms with Gasteiger partial charge in [-0.3, -0.25) is 14.3 Å². The van der Waals surface area contributed by atoms with Crippen LogP contribution in [0.3, 0.4) is 0 Å². The first-order valence-electron chi connectivity index (χ1n) is 7.84. The molecule has 6 nitrogen and oxygen atoms in total. The standard InChI is InChI=1S/C18H23N3O3/c1-11-6-8-15(9-7-11)19-18(23)14(4)24-17(22)10-16-12(2)20-21(5)13(16)3/h6-9,14H,10H2,1-5H3,(H,19,23)/t14-/m1/s1. The Morgan fingerprint density at radius 3 is 2.38 bits per heavy atom. The van der Waals surface area contributed by atoms with E-state index in [2.05, 4.69) is 10.4 Å². The van der Waals surface area contributed by atoms with Gasteiger partial charge in [-0.1, -0.05) is 17.7 Å². The number of carbonyl (C=O) groups excluding carboxylic acids is 2. The fourth-order valence-corrected chi connectivity index (χ4v) is 2.39. The van der Waals surface area contributed by atoms with Crippen molar-refractivity contribution < 1.29 is 14.3 Å². The van der Waals surface area contributed by atoms with Crippen LogP contribution in [0.5, 0.6) is 0 Å². The highest BCUT2D eigenvalue weighted by molar-refractivity contribution is 5.95. The van der Waals surface area contributed by atoms with Crippen molar-refractivity contribution in [3.05, 3.63) is 46.8 Å². The van der Waals surface area contributed by atoms with Crippen LogP contribution < -0.4 is 5.32 Å². The van der Waals surface area contributed by atoms with Gasteiger partial charge in [0.05, 0.1) is 12.1 Å². The topological polar surface area (TPSA) is 73.2 Å². The highest BCUT2D eigenvalue weighted by atomic mass is 16.5. The Kier molecular flexibility index (Phi) is 5.39. The van der Waals surface area contributed by atoms with Crippen molar-refractivity contribution in [2.75, 3.05) is 5.32 Å². The zero-order valence-electron chi connectivity index (χ0n) is 14.7. The summed E-state index contributed by atoms with van der Waals surface area (Å²) in [6, 6.07) is 7.43. The Hall–Kier alpha value is -2.63. The number of benzene rings is 1. The van der Waals surface area contributed by atoms with E-state index < -0.39 is 12.1 Å². The number of nitrogens with one attached hydrogen (secondary N) is 1. The van der Waals surface area contributed by atoms with Gasteiger partial charge in [-0.05, 0) is 39.8 Å². The van der Waals surface area contributed by atoms with E-state index in [1.807, 2.05) is 52.1 Å². The summed E-state index contributed by atoms with van der Waals surface area (Å²) in [5, 5.41) is 7.00. The molecule has 0 saturated carbocycles. The van der Waals surface area contributed by atoms with Gasteiger partial charge in [0.25, 0.3) is 5.91 Å². The lowest BCUT2D eigenvalue weighted by atomic mass is 10.1. The average Bonchev–Trinajstić information content (AvgIpc) is 2.76. The summed E-state index contributed by atoms with van der Waals surface area (Å²) in [7, 11) is 1.83. The molecule has 0 bridgehead atoms. The maximum Gasteiger partial charge on any atom is 0.311 e. The molecule has 1 amide bonds. The van der Waals surface area contributed by atoms with E-state index in [1.54, 1.807) is 11.6 Å². The second kappa shape index (κ2) is 7.29. The zero-order valence-corrected chi connectivity index (χ0v) is 14.7. The molecule has 0 fully saturated rings. The van der Waals surface area contributed by atoms with Crippen LogP contribution in [0.2, 0.25) is 0 Å². The lowest BCUT2D eigenvalue weighted by Gasteiger charge is -2.14. The van der Waals surface area contributed by atoms with Crippen LogP contribution >= 0.6 is 0 Å². The van der Waals surface area contributed by atoms with Crippen LogP contribution in [0.25, 0.3) is 0 Å². The molecule has 2 rings (SSSR count). The number of anilines is 1. The Morgan fingerprint density at radius 2 is 1.83 bits per heavy atom. The SMILES string of the molecule is Cc1ccc(NC(=O)[C@@H](C)OC(=O)Cc2c(C)nn(C)c2C)cc1. The van der Waals surface area contributed by atoms with Gasteiger partial charge in [-0.15, -0.1) is 0 Å². The third-order valence-electron chi connectivity index (χ3n) is 3.98. The molecule has 6 heteroatoms. The Labute approximate surface area is 141 Å². The van der Waals surface area contributed by atoms with Crippen molar-refractivity contribution in [1.29, 1.82) is 0 Å². The molecule has 0 aliphatic carbocycles. The minimum absolute atomic E-state index is 0.105. The van der Waals surface area contributed by atoms with Gasteiger partial charge >= 0.3 is 5.97 Å². The molecule has 1 atom stereocenters. The molecule has 1 N–H and O–H groups in total. The number of nitrogens with zero attached hydrogens (tertiary/aromatic N) is 2. The van der Waals surface area contributed by atoms with Gasteiger partial charge in [-0.2, -0.15) is 5.10 Å². The summed E-state index contributed by atoms with van der Waals surface area (Å²) < 4.78 is 6.97. The largest absolute Gasteiger partial charge is 0.452 e. The predicted molar refractivity (Wildman–Crippen MR) is 91.7 cm³/mol. The number of aromatic nitrogens is 2. The smallest absolute Gasteiger partial charge is 0.311 e. The highest BCUT2D eigenvalue weighted by Gasteiger charge is 2.20. The summed E-state index contributed by atoms with van der Waals surface area (Å²) in [5.74, 6) is -0.799. The van der Waals surface area contributed by atoms with Crippen molar-refractivity contribution in [3.63, 3.8) is 0 Å². The predicted octanol–water partition coefficient (Wildman–Crippen LogP) is 2.46.